The number of rotatable bonds is 5. The van der Waals surface area contributed by atoms with Crippen molar-refractivity contribution in [2.45, 2.75) is 64.1 Å². The largest absolute Gasteiger partial charge is 0.496 e. The second-order valence-electron chi connectivity index (χ2n) is 9.84. The summed E-state index contributed by atoms with van der Waals surface area (Å²) < 4.78 is 13.3. The molecule has 0 unspecified atom stereocenters. The Morgan fingerprint density at radius 1 is 1.03 bits per heavy atom. The van der Waals surface area contributed by atoms with Crippen LogP contribution in [-0.4, -0.2) is 56.4 Å². The number of amides is 2. The van der Waals surface area contributed by atoms with Crippen molar-refractivity contribution in [2.24, 2.45) is 0 Å². The van der Waals surface area contributed by atoms with Crippen molar-refractivity contribution in [3.8, 4) is 17.3 Å². The van der Waals surface area contributed by atoms with Crippen LogP contribution in [0.5, 0.6) is 5.75 Å². The van der Waals surface area contributed by atoms with Crippen LogP contribution in [0.3, 0.4) is 0 Å². The number of pyridine rings is 1. The Morgan fingerprint density at radius 3 is 2.73 bits per heavy atom. The van der Waals surface area contributed by atoms with Gasteiger partial charge in [-0.1, -0.05) is 6.07 Å². The van der Waals surface area contributed by atoms with Gasteiger partial charge >= 0.3 is 6.09 Å². The van der Waals surface area contributed by atoms with Crippen LogP contribution in [-0.2, 0) is 30.7 Å². The summed E-state index contributed by atoms with van der Waals surface area (Å²) in [6.07, 6.45) is 6.47. The first-order valence-corrected chi connectivity index (χ1v) is 13.0. The molecular formula is C27H30N6O4. The molecule has 37 heavy (non-hydrogen) atoms. The summed E-state index contributed by atoms with van der Waals surface area (Å²) in [6.45, 7) is 1.85. The summed E-state index contributed by atoms with van der Waals surface area (Å²) in [7, 11) is 1.55. The normalized spacial score (nSPS) is 16.8. The summed E-state index contributed by atoms with van der Waals surface area (Å²) >= 11 is 0. The number of nitrogens with zero attached hydrogens (tertiary/aromatic N) is 5. The number of carbonyl (C=O) groups excluding carboxylic acids is 2. The first kappa shape index (κ1) is 23.4. The van der Waals surface area contributed by atoms with E-state index in [1.54, 1.807) is 18.1 Å². The van der Waals surface area contributed by atoms with Crippen molar-refractivity contribution < 1.29 is 19.1 Å². The molecule has 1 N–H and O–H groups in total. The molecule has 1 aliphatic carbocycles. The van der Waals surface area contributed by atoms with Gasteiger partial charge in [0.1, 0.15) is 29.2 Å². The predicted octanol–water partition coefficient (Wildman–Crippen LogP) is 3.98. The van der Waals surface area contributed by atoms with Crippen molar-refractivity contribution in [1.82, 2.24) is 24.6 Å². The van der Waals surface area contributed by atoms with Gasteiger partial charge in [-0.3, -0.25) is 4.79 Å². The van der Waals surface area contributed by atoms with E-state index in [9.17, 15) is 9.59 Å². The van der Waals surface area contributed by atoms with Crippen molar-refractivity contribution in [2.75, 3.05) is 19.0 Å². The quantitative estimate of drug-likeness (QED) is 0.562. The molecule has 1 aromatic carbocycles. The fraction of sp³-hybridized carbons (Fsp3) is 0.444. The van der Waals surface area contributed by atoms with Gasteiger partial charge in [0, 0.05) is 26.1 Å². The summed E-state index contributed by atoms with van der Waals surface area (Å²) in [5.41, 5.74) is 3.04. The highest BCUT2D eigenvalue weighted by Crippen LogP contribution is 2.30. The molecule has 1 saturated carbocycles. The molecule has 0 spiro atoms. The molecule has 4 heterocycles. The summed E-state index contributed by atoms with van der Waals surface area (Å²) in [5, 5.41) is 11.4. The van der Waals surface area contributed by atoms with Gasteiger partial charge in [0.2, 0.25) is 0 Å². The zero-order chi connectivity index (χ0) is 25.4. The highest BCUT2D eigenvalue weighted by atomic mass is 16.6. The van der Waals surface area contributed by atoms with Crippen LogP contribution in [0.15, 0.2) is 30.3 Å². The van der Waals surface area contributed by atoms with E-state index in [-0.39, 0.29) is 18.1 Å². The van der Waals surface area contributed by atoms with E-state index in [1.807, 2.05) is 24.3 Å². The Labute approximate surface area is 215 Å². The number of methoxy groups -OCH3 is 1. The van der Waals surface area contributed by atoms with Gasteiger partial charge in [0.25, 0.3) is 5.91 Å². The second-order valence-corrected chi connectivity index (χ2v) is 9.84. The summed E-state index contributed by atoms with van der Waals surface area (Å²) in [5.74, 6) is 2.25. The van der Waals surface area contributed by atoms with Crippen LogP contribution in [0, 0.1) is 0 Å². The Hall–Kier alpha value is -3.95. The van der Waals surface area contributed by atoms with Crippen LogP contribution < -0.4 is 10.1 Å². The topological polar surface area (TPSA) is 111 Å². The Bertz CT molecular complexity index is 1350. The Balaban J connectivity index is 1.20. The number of aryl methyl sites for hydroxylation is 1. The van der Waals surface area contributed by atoms with Crippen LogP contribution >= 0.6 is 0 Å². The predicted molar refractivity (Wildman–Crippen MR) is 135 cm³/mol. The standard InChI is InChI=1S/C27H30N6O4/c1-36-22-15-17-11-13-32(27(35)37-19-6-2-3-7-19)16-18(17)14-20(22)26(34)29-23-9-4-8-21(28-23)25-31-30-24-10-5-12-33(24)25/h4,8-9,14-15,19H,2-3,5-7,10-13,16H2,1H3,(H,28,29,34). The van der Waals surface area contributed by atoms with E-state index >= 15 is 0 Å². The molecule has 0 saturated heterocycles. The molecule has 10 heteroatoms. The molecule has 2 aliphatic heterocycles. The van der Waals surface area contributed by atoms with E-state index in [0.29, 0.717) is 48.2 Å². The molecule has 3 aromatic rings. The SMILES string of the molecule is COc1cc2c(cc1C(=O)Nc1cccc(-c3nnc4n3CCC4)n1)CN(C(=O)OC1CCCC1)CC2. The van der Waals surface area contributed by atoms with E-state index in [4.69, 9.17) is 9.47 Å². The lowest BCUT2D eigenvalue weighted by Gasteiger charge is -2.30. The molecule has 0 bridgehead atoms. The molecule has 2 amide bonds. The monoisotopic (exact) mass is 502 g/mol. The zero-order valence-electron chi connectivity index (χ0n) is 20.9. The second kappa shape index (κ2) is 9.84. The Morgan fingerprint density at radius 2 is 1.89 bits per heavy atom. The average molecular weight is 503 g/mol. The number of aromatic nitrogens is 4. The third-order valence-electron chi connectivity index (χ3n) is 7.44. The third-order valence-corrected chi connectivity index (χ3v) is 7.44. The van der Waals surface area contributed by atoms with Gasteiger partial charge in [-0.15, -0.1) is 10.2 Å². The molecule has 2 aromatic heterocycles. The van der Waals surface area contributed by atoms with Crippen molar-refractivity contribution >= 4 is 17.8 Å². The minimum Gasteiger partial charge on any atom is -0.496 e. The molecule has 192 valence electrons. The van der Waals surface area contributed by atoms with Crippen LogP contribution in [0.4, 0.5) is 10.6 Å². The van der Waals surface area contributed by atoms with Gasteiger partial charge in [-0.2, -0.15) is 0 Å². The van der Waals surface area contributed by atoms with Gasteiger partial charge < -0.3 is 24.3 Å². The minimum atomic E-state index is -0.332. The third kappa shape index (κ3) is 4.63. The highest BCUT2D eigenvalue weighted by molar-refractivity contribution is 6.06. The number of hydrogen-bond donors (Lipinski definition) is 1. The number of fused-ring (bicyclic) bond motifs is 2. The molecular weight excluding hydrogens is 472 g/mol. The van der Waals surface area contributed by atoms with E-state index in [0.717, 1.165) is 62.0 Å². The molecule has 1 fully saturated rings. The number of anilines is 1. The maximum Gasteiger partial charge on any atom is 0.410 e. The molecule has 0 radical (unpaired) electrons. The van der Waals surface area contributed by atoms with Crippen LogP contribution in [0.1, 0.15) is 59.4 Å². The Kier molecular flexibility index (Phi) is 6.23. The minimum absolute atomic E-state index is 0.0215. The lowest BCUT2D eigenvalue weighted by Crippen LogP contribution is -2.38. The average Bonchev–Trinajstić information content (AvgIpc) is 3.67. The fourth-order valence-corrected chi connectivity index (χ4v) is 5.46. The summed E-state index contributed by atoms with van der Waals surface area (Å²) in [4.78, 5) is 32.4. The fourth-order valence-electron chi connectivity index (χ4n) is 5.46. The number of hydrogen-bond acceptors (Lipinski definition) is 7. The maximum atomic E-state index is 13.3. The maximum absolute atomic E-state index is 13.3. The van der Waals surface area contributed by atoms with Gasteiger partial charge in [0.05, 0.1) is 12.7 Å². The van der Waals surface area contributed by atoms with Crippen LogP contribution in [0.2, 0.25) is 0 Å². The number of carbonyl (C=O) groups is 2. The van der Waals surface area contributed by atoms with Gasteiger partial charge in [-0.05, 0) is 73.9 Å². The molecule has 3 aliphatic rings. The lowest BCUT2D eigenvalue weighted by atomic mass is 9.96. The van der Waals surface area contributed by atoms with E-state index < -0.39 is 0 Å². The van der Waals surface area contributed by atoms with Crippen molar-refractivity contribution in [1.29, 1.82) is 0 Å². The van der Waals surface area contributed by atoms with Crippen LogP contribution in [0.25, 0.3) is 11.5 Å². The van der Waals surface area contributed by atoms with Crippen molar-refractivity contribution in [3.63, 3.8) is 0 Å². The van der Waals surface area contributed by atoms with E-state index in [1.165, 1.54) is 0 Å². The van der Waals surface area contributed by atoms with Gasteiger partial charge in [-0.25, -0.2) is 9.78 Å². The lowest BCUT2D eigenvalue weighted by molar-refractivity contribution is 0.0618. The number of nitrogens with one attached hydrogen (secondary N) is 1. The van der Waals surface area contributed by atoms with Gasteiger partial charge in [0.15, 0.2) is 5.82 Å². The molecule has 0 atom stereocenters. The number of ether oxygens (including phenoxy) is 2. The smallest absolute Gasteiger partial charge is 0.410 e. The number of benzene rings is 1. The zero-order valence-corrected chi connectivity index (χ0v) is 20.9. The molecule has 6 rings (SSSR count). The van der Waals surface area contributed by atoms with Crippen molar-refractivity contribution in [3.05, 3.63) is 52.8 Å². The highest BCUT2D eigenvalue weighted by Gasteiger charge is 2.28. The van der Waals surface area contributed by atoms with E-state index in [2.05, 4.69) is 25.1 Å². The first-order valence-electron chi connectivity index (χ1n) is 13.0. The molecule has 10 nitrogen and oxygen atoms in total. The first-order chi connectivity index (χ1) is 18.1. The summed E-state index contributed by atoms with van der Waals surface area (Å²) in [6, 6.07) is 9.16.